The molecule has 55 heavy (non-hydrogen) atoms. The summed E-state index contributed by atoms with van der Waals surface area (Å²) in [5.41, 5.74) is -0.217. The highest BCUT2D eigenvalue weighted by Crippen LogP contribution is 2.39. The largest absolute Gasteiger partial charge is 0.380 e. The van der Waals surface area contributed by atoms with E-state index in [0.717, 1.165) is 0 Å². The zero-order chi connectivity index (χ0) is 41.9. The van der Waals surface area contributed by atoms with Crippen molar-refractivity contribution in [1.29, 1.82) is 0 Å². The lowest BCUT2D eigenvalue weighted by Gasteiger charge is -2.44. The van der Waals surface area contributed by atoms with E-state index >= 15 is 0 Å². The molecule has 14 heteroatoms. The summed E-state index contributed by atoms with van der Waals surface area (Å²) in [6, 6.07) is 2.07. The van der Waals surface area contributed by atoms with E-state index in [2.05, 4.69) is 16.0 Å². The van der Waals surface area contributed by atoms with Gasteiger partial charge >= 0.3 is 0 Å². The van der Waals surface area contributed by atoms with Gasteiger partial charge in [0, 0.05) is 46.9 Å². The van der Waals surface area contributed by atoms with E-state index in [1.807, 2.05) is 48.5 Å². The number of likely N-dealkylation sites (tertiary alicyclic amines) is 1. The first kappa shape index (κ1) is 47.7. The lowest BCUT2D eigenvalue weighted by atomic mass is 9.82. The molecule has 0 spiro atoms. The van der Waals surface area contributed by atoms with Crippen molar-refractivity contribution in [3.63, 3.8) is 0 Å². The Morgan fingerprint density at radius 3 is 2.09 bits per heavy atom. The molecule has 2 rings (SSSR count). The Bertz CT molecular complexity index is 1480. The molecule has 9 atom stereocenters. The molecule has 0 bridgehead atoms. The number of nitrogens with zero attached hydrogens (tertiary/aromatic N) is 2. The molecular formula is C41H68FN5O8. The number of likely N-dealkylation sites (N-methyl/N-ethyl adjacent to an activating group) is 2. The fraction of sp³-hybridized carbons (Fsp3) is 0.732. The highest BCUT2D eigenvalue weighted by atomic mass is 19.1. The summed E-state index contributed by atoms with van der Waals surface area (Å²) in [4.78, 5) is 71.7. The standard InChI is InChI=1S/C41H68FN5O8/c1-15-25(6)36(46(11)40(52)35(24(4)5)45-39(51)34(43-10)23(2)3)32(54-13)19-33(49)47-22-29(53-12)20-41(47,9)37(55-14)27(8)38(50)44-21-31(48)30-17-16-28(42)18-26(30)7/h16-18,23-25,27,29,32,34-37,43H,15,19-22H2,1-14H3,(H,44,50)(H,45,51)/t25?,27-,29-,32-,34+,35+,36+,37-,41+/m1/s1. The Labute approximate surface area is 328 Å². The Hall–Kier alpha value is -3.46. The number of methoxy groups -OCH3 is 3. The number of ketones is 1. The van der Waals surface area contributed by atoms with Crippen molar-refractivity contribution in [2.45, 2.75) is 124 Å². The number of carbonyl (C=O) groups is 5. The minimum atomic E-state index is -1.00. The van der Waals surface area contributed by atoms with E-state index < -0.39 is 53.5 Å². The van der Waals surface area contributed by atoms with Gasteiger partial charge in [-0.25, -0.2) is 4.39 Å². The van der Waals surface area contributed by atoms with Gasteiger partial charge < -0.3 is 40.0 Å². The molecule has 1 aliphatic heterocycles. The van der Waals surface area contributed by atoms with Crippen LogP contribution >= 0.6 is 0 Å². The quantitative estimate of drug-likeness (QED) is 0.158. The van der Waals surface area contributed by atoms with Crippen molar-refractivity contribution in [2.24, 2.45) is 23.7 Å². The summed E-state index contributed by atoms with van der Waals surface area (Å²) in [5, 5.41) is 8.71. The SMILES string of the molecule is CCC(C)[C@@H]([C@@H](CC(=O)N1C[C@H](OC)C[C@@]1(C)[C@H](OC)[C@@H](C)C(=O)NCC(=O)c1ccc(F)cc1C)OC)N(C)C(=O)[C@@H](NC(=O)[C@@H](NC)C(C)C)C(C)C. The molecule has 312 valence electrons. The van der Waals surface area contributed by atoms with Crippen LogP contribution in [0.1, 0.15) is 90.6 Å². The number of halogens is 1. The van der Waals surface area contributed by atoms with E-state index in [1.54, 1.807) is 44.9 Å². The molecule has 13 nitrogen and oxygen atoms in total. The summed E-state index contributed by atoms with van der Waals surface area (Å²) in [6.07, 6.45) is -0.858. The number of carbonyl (C=O) groups excluding carboxylic acids is 5. The van der Waals surface area contributed by atoms with Gasteiger partial charge in [0.2, 0.25) is 23.6 Å². The van der Waals surface area contributed by atoms with Gasteiger partial charge in [0.05, 0.1) is 54.8 Å². The van der Waals surface area contributed by atoms with Crippen LogP contribution in [0.3, 0.4) is 0 Å². The fourth-order valence-electron chi connectivity index (χ4n) is 8.11. The van der Waals surface area contributed by atoms with Gasteiger partial charge in [-0.2, -0.15) is 0 Å². The minimum absolute atomic E-state index is 0.00722. The molecule has 1 aromatic rings. The third-order valence-corrected chi connectivity index (χ3v) is 11.5. The zero-order valence-electron chi connectivity index (χ0n) is 35.6. The fourth-order valence-corrected chi connectivity index (χ4v) is 8.11. The van der Waals surface area contributed by atoms with Crippen LogP contribution in [0.2, 0.25) is 0 Å². The van der Waals surface area contributed by atoms with Crippen LogP contribution in [-0.2, 0) is 33.4 Å². The maximum atomic E-state index is 14.5. The summed E-state index contributed by atoms with van der Waals surface area (Å²) in [5.74, 6) is -3.13. The van der Waals surface area contributed by atoms with E-state index in [0.29, 0.717) is 24.0 Å². The number of nitrogens with one attached hydrogen (secondary N) is 3. The first-order chi connectivity index (χ1) is 25.7. The second-order valence-electron chi connectivity index (χ2n) is 16.0. The van der Waals surface area contributed by atoms with Crippen molar-refractivity contribution in [1.82, 2.24) is 25.8 Å². The summed E-state index contributed by atoms with van der Waals surface area (Å²) in [7, 11) is 7.98. The first-order valence-corrected chi connectivity index (χ1v) is 19.4. The van der Waals surface area contributed by atoms with Gasteiger partial charge in [-0.3, -0.25) is 24.0 Å². The number of hydrogen-bond acceptors (Lipinski definition) is 9. The van der Waals surface area contributed by atoms with Crippen LogP contribution in [0.5, 0.6) is 0 Å². The molecule has 0 aromatic heterocycles. The lowest BCUT2D eigenvalue weighted by Crippen LogP contribution is -2.60. The first-order valence-electron chi connectivity index (χ1n) is 19.4. The number of hydrogen-bond donors (Lipinski definition) is 3. The van der Waals surface area contributed by atoms with Crippen LogP contribution in [0, 0.1) is 36.4 Å². The maximum Gasteiger partial charge on any atom is 0.245 e. The molecule has 1 heterocycles. The van der Waals surface area contributed by atoms with Crippen LogP contribution in [0.4, 0.5) is 4.39 Å². The molecule has 1 aromatic carbocycles. The number of rotatable bonds is 21. The molecule has 0 aliphatic carbocycles. The third-order valence-electron chi connectivity index (χ3n) is 11.5. The van der Waals surface area contributed by atoms with Crippen LogP contribution in [0.25, 0.3) is 0 Å². The normalized spacial score (nSPS) is 21.0. The van der Waals surface area contributed by atoms with Crippen molar-refractivity contribution < 1.29 is 42.6 Å². The molecule has 1 saturated heterocycles. The van der Waals surface area contributed by atoms with Gasteiger partial charge in [-0.05, 0) is 62.4 Å². The van der Waals surface area contributed by atoms with E-state index in [1.165, 1.54) is 32.4 Å². The topological polar surface area (TPSA) is 156 Å². The van der Waals surface area contributed by atoms with E-state index in [-0.39, 0.29) is 66.9 Å². The molecular weight excluding hydrogens is 709 g/mol. The van der Waals surface area contributed by atoms with Crippen molar-refractivity contribution >= 4 is 29.4 Å². The van der Waals surface area contributed by atoms with Gasteiger partial charge in [0.15, 0.2) is 5.78 Å². The number of amides is 4. The molecule has 1 fully saturated rings. The Morgan fingerprint density at radius 2 is 1.60 bits per heavy atom. The minimum Gasteiger partial charge on any atom is -0.380 e. The Morgan fingerprint density at radius 1 is 0.982 bits per heavy atom. The third kappa shape index (κ3) is 11.5. The monoisotopic (exact) mass is 778 g/mol. The van der Waals surface area contributed by atoms with Gasteiger partial charge in [-0.15, -0.1) is 0 Å². The predicted molar refractivity (Wildman–Crippen MR) is 210 cm³/mol. The average Bonchev–Trinajstić information content (AvgIpc) is 3.48. The molecule has 1 aliphatic rings. The number of Topliss-reactive ketones (excluding diaryl/α,β-unsaturated/α-hetero) is 1. The van der Waals surface area contributed by atoms with Crippen LogP contribution in [-0.4, -0.2) is 130 Å². The van der Waals surface area contributed by atoms with Gasteiger partial charge in [0.25, 0.3) is 0 Å². The summed E-state index contributed by atoms with van der Waals surface area (Å²) < 4.78 is 31.4. The molecule has 0 radical (unpaired) electrons. The van der Waals surface area contributed by atoms with Crippen molar-refractivity contribution in [2.75, 3.05) is 48.5 Å². The average molecular weight is 778 g/mol. The Kier molecular flexibility index (Phi) is 18.4. The number of ether oxygens (including phenoxy) is 3. The second-order valence-corrected chi connectivity index (χ2v) is 16.0. The predicted octanol–water partition coefficient (Wildman–Crippen LogP) is 3.75. The highest BCUT2D eigenvalue weighted by molar-refractivity contribution is 6.00. The Balaban J connectivity index is 2.36. The number of aryl methyl sites for hydroxylation is 1. The zero-order valence-corrected chi connectivity index (χ0v) is 35.6. The maximum absolute atomic E-state index is 14.5. The van der Waals surface area contributed by atoms with Gasteiger partial charge in [0.1, 0.15) is 11.9 Å². The molecule has 0 saturated carbocycles. The van der Waals surface area contributed by atoms with Crippen molar-refractivity contribution in [3.05, 3.63) is 35.1 Å². The summed E-state index contributed by atoms with van der Waals surface area (Å²) in [6.45, 7) is 16.8. The molecule has 3 N–H and O–H groups in total. The smallest absolute Gasteiger partial charge is 0.245 e. The molecule has 1 unspecified atom stereocenters. The highest BCUT2D eigenvalue weighted by Gasteiger charge is 2.53. The lowest BCUT2D eigenvalue weighted by molar-refractivity contribution is -0.152. The second kappa shape index (κ2) is 21.2. The van der Waals surface area contributed by atoms with E-state index in [4.69, 9.17) is 14.2 Å². The number of benzene rings is 1. The van der Waals surface area contributed by atoms with Crippen molar-refractivity contribution in [3.8, 4) is 0 Å². The van der Waals surface area contributed by atoms with E-state index in [9.17, 15) is 28.4 Å². The van der Waals surface area contributed by atoms with Gasteiger partial charge in [-0.1, -0.05) is 54.9 Å². The molecule has 4 amide bonds. The summed E-state index contributed by atoms with van der Waals surface area (Å²) >= 11 is 0. The van der Waals surface area contributed by atoms with Crippen LogP contribution < -0.4 is 16.0 Å². The van der Waals surface area contributed by atoms with Crippen LogP contribution in [0.15, 0.2) is 18.2 Å².